The fourth-order valence-electron chi connectivity index (χ4n) is 3.10. The molecule has 3 rings (SSSR count). The molecule has 7 nitrogen and oxygen atoms in total. The van der Waals surface area contributed by atoms with Gasteiger partial charge < -0.3 is 15.0 Å². The summed E-state index contributed by atoms with van der Waals surface area (Å²) in [6, 6.07) is 7.27. The van der Waals surface area contributed by atoms with E-state index in [1.807, 2.05) is 30.3 Å². The Morgan fingerprint density at radius 2 is 2.04 bits per heavy atom. The van der Waals surface area contributed by atoms with E-state index in [1.165, 1.54) is 6.92 Å². The first-order valence-corrected chi connectivity index (χ1v) is 9.72. The van der Waals surface area contributed by atoms with Crippen LogP contribution in [0.5, 0.6) is 0 Å². The first-order valence-electron chi connectivity index (χ1n) is 8.91. The highest BCUT2D eigenvalue weighted by atomic mass is 32.1. The number of hydrogen-bond donors (Lipinski definition) is 1. The highest BCUT2D eigenvalue weighted by Crippen LogP contribution is 2.33. The maximum atomic E-state index is 12.7. The molecule has 0 fully saturated rings. The predicted molar refractivity (Wildman–Crippen MR) is 107 cm³/mol. The van der Waals surface area contributed by atoms with Crippen molar-refractivity contribution in [3.05, 3.63) is 52.2 Å². The molecule has 1 aromatic heterocycles. The van der Waals surface area contributed by atoms with E-state index in [-0.39, 0.29) is 24.8 Å². The number of nitrogens with zero attached hydrogens (tertiary/aromatic N) is 2. The van der Waals surface area contributed by atoms with E-state index in [4.69, 9.17) is 4.74 Å². The van der Waals surface area contributed by atoms with Crippen LogP contribution in [0.1, 0.15) is 52.8 Å². The van der Waals surface area contributed by atoms with Crippen LogP contribution in [0, 0.1) is 6.92 Å². The summed E-state index contributed by atoms with van der Waals surface area (Å²) >= 11 is 1.08. The van der Waals surface area contributed by atoms with Gasteiger partial charge in [-0.05, 0) is 31.1 Å². The number of amides is 2. The van der Waals surface area contributed by atoms with Crippen molar-refractivity contribution in [3.63, 3.8) is 0 Å². The van der Waals surface area contributed by atoms with Crippen LogP contribution in [-0.4, -0.2) is 34.3 Å². The van der Waals surface area contributed by atoms with Crippen molar-refractivity contribution in [2.24, 2.45) is 0 Å². The molecule has 2 amide bonds. The molecule has 1 aromatic carbocycles. The second-order valence-corrected chi connectivity index (χ2v) is 7.29. The second-order valence-electron chi connectivity index (χ2n) is 6.29. The van der Waals surface area contributed by atoms with E-state index in [1.54, 1.807) is 24.9 Å². The number of carbonyl (C=O) groups excluding carboxylic acids is 3. The standard InChI is InChI=1S/C20H21N3O4S/c1-4-27-19(26)18-12(2)21-20(28-18)22-17(25)11-16-15-8-6-5-7-14(15)9-10-23(16)13(3)24/h5-10,16H,4,11H2,1-3H3,(H,21,22,25). The molecular formula is C20H21N3O4S. The number of esters is 1. The predicted octanol–water partition coefficient (Wildman–Crippen LogP) is 3.53. The van der Waals surface area contributed by atoms with Gasteiger partial charge in [0.25, 0.3) is 0 Å². The number of ether oxygens (including phenoxy) is 1. The number of thiazole rings is 1. The Labute approximate surface area is 167 Å². The summed E-state index contributed by atoms with van der Waals surface area (Å²) in [5.41, 5.74) is 2.40. The fourth-order valence-corrected chi connectivity index (χ4v) is 3.97. The largest absolute Gasteiger partial charge is 0.462 e. The Morgan fingerprint density at radius 1 is 1.29 bits per heavy atom. The Bertz CT molecular complexity index is 951. The van der Waals surface area contributed by atoms with Crippen molar-refractivity contribution in [2.45, 2.75) is 33.2 Å². The van der Waals surface area contributed by atoms with Gasteiger partial charge in [-0.1, -0.05) is 35.6 Å². The lowest BCUT2D eigenvalue weighted by Crippen LogP contribution is -2.33. The van der Waals surface area contributed by atoms with Crippen LogP contribution >= 0.6 is 11.3 Å². The number of anilines is 1. The van der Waals surface area contributed by atoms with Crippen LogP contribution in [0.25, 0.3) is 6.08 Å². The van der Waals surface area contributed by atoms with Crippen LogP contribution in [-0.2, 0) is 14.3 Å². The zero-order valence-corrected chi connectivity index (χ0v) is 16.7. The summed E-state index contributed by atoms with van der Waals surface area (Å²) in [5.74, 6) is -0.879. The molecule has 1 unspecified atom stereocenters. The lowest BCUT2D eigenvalue weighted by atomic mass is 9.93. The molecule has 0 spiro atoms. The summed E-state index contributed by atoms with van der Waals surface area (Å²) in [4.78, 5) is 42.8. The normalized spacial score (nSPS) is 15.1. The van der Waals surface area contributed by atoms with Crippen LogP contribution < -0.4 is 5.32 Å². The van der Waals surface area contributed by atoms with Crippen molar-refractivity contribution in [2.75, 3.05) is 11.9 Å². The number of rotatable bonds is 5. The minimum atomic E-state index is -0.452. The topological polar surface area (TPSA) is 88.6 Å². The summed E-state index contributed by atoms with van der Waals surface area (Å²) in [6.07, 6.45) is 3.64. The lowest BCUT2D eigenvalue weighted by molar-refractivity contribution is -0.129. The maximum absolute atomic E-state index is 12.7. The van der Waals surface area contributed by atoms with Crippen LogP contribution in [0.2, 0.25) is 0 Å². The maximum Gasteiger partial charge on any atom is 0.350 e. The van der Waals surface area contributed by atoms with Crippen LogP contribution in [0.4, 0.5) is 5.13 Å². The number of hydrogen-bond acceptors (Lipinski definition) is 6. The SMILES string of the molecule is CCOC(=O)c1sc(NC(=O)CC2c3ccccc3C=CN2C(C)=O)nc1C. The van der Waals surface area contributed by atoms with Crippen molar-refractivity contribution in [3.8, 4) is 0 Å². The van der Waals surface area contributed by atoms with E-state index in [0.29, 0.717) is 15.7 Å². The van der Waals surface area contributed by atoms with Gasteiger partial charge in [-0.15, -0.1) is 0 Å². The number of aryl methyl sites for hydroxylation is 1. The highest BCUT2D eigenvalue weighted by Gasteiger charge is 2.28. The first kappa shape index (κ1) is 19.8. The minimum absolute atomic E-state index is 0.0777. The van der Waals surface area contributed by atoms with Gasteiger partial charge in [0.05, 0.1) is 24.8 Å². The number of carbonyl (C=O) groups is 3. The molecule has 0 saturated carbocycles. The molecule has 146 valence electrons. The van der Waals surface area contributed by atoms with Gasteiger partial charge in [0.15, 0.2) is 5.13 Å². The van der Waals surface area contributed by atoms with Gasteiger partial charge in [0, 0.05) is 13.1 Å². The van der Waals surface area contributed by atoms with E-state index >= 15 is 0 Å². The number of nitrogens with one attached hydrogen (secondary N) is 1. The summed E-state index contributed by atoms with van der Waals surface area (Å²) < 4.78 is 5.00. The molecule has 0 radical (unpaired) electrons. The third-order valence-corrected chi connectivity index (χ3v) is 5.40. The molecule has 1 atom stereocenters. The van der Waals surface area contributed by atoms with Gasteiger partial charge in [0.2, 0.25) is 11.8 Å². The Balaban J connectivity index is 1.77. The molecule has 8 heteroatoms. The smallest absolute Gasteiger partial charge is 0.350 e. The van der Waals surface area contributed by atoms with E-state index < -0.39 is 12.0 Å². The lowest BCUT2D eigenvalue weighted by Gasteiger charge is -2.32. The van der Waals surface area contributed by atoms with Crippen LogP contribution in [0.3, 0.4) is 0 Å². The average molecular weight is 399 g/mol. The number of aromatic nitrogens is 1. The summed E-state index contributed by atoms with van der Waals surface area (Å²) in [7, 11) is 0. The van der Waals surface area contributed by atoms with Gasteiger partial charge >= 0.3 is 5.97 Å². The number of benzene rings is 1. The van der Waals surface area contributed by atoms with Gasteiger partial charge in [-0.3, -0.25) is 9.59 Å². The van der Waals surface area contributed by atoms with Gasteiger partial charge in [0.1, 0.15) is 4.88 Å². The summed E-state index contributed by atoms with van der Waals surface area (Å²) in [5, 5.41) is 3.07. The highest BCUT2D eigenvalue weighted by molar-refractivity contribution is 7.17. The first-order chi connectivity index (χ1) is 13.4. The quantitative estimate of drug-likeness (QED) is 0.777. The minimum Gasteiger partial charge on any atom is -0.462 e. The molecule has 1 aliphatic heterocycles. The molecule has 1 N–H and O–H groups in total. The van der Waals surface area contributed by atoms with Gasteiger partial charge in [-0.25, -0.2) is 9.78 Å². The van der Waals surface area contributed by atoms with E-state index in [9.17, 15) is 14.4 Å². The molecule has 2 heterocycles. The third kappa shape index (κ3) is 4.12. The Morgan fingerprint density at radius 3 is 2.75 bits per heavy atom. The molecule has 0 aliphatic carbocycles. The zero-order chi connectivity index (χ0) is 20.3. The average Bonchev–Trinajstić information content (AvgIpc) is 3.02. The zero-order valence-electron chi connectivity index (χ0n) is 15.9. The van der Waals surface area contributed by atoms with Gasteiger partial charge in [-0.2, -0.15) is 0 Å². The monoisotopic (exact) mass is 399 g/mol. The molecular weight excluding hydrogens is 378 g/mol. The molecule has 0 saturated heterocycles. The Hall–Kier alpha value is -3.00. The third-order valence-electron chi connectivity index (χ3n) is 4.35. The summed E-state index contributed by atoms with van der Waals surface area (Å²) in [6.45, 7) is 5.17. The van der Waals surface area contributed by atoms with E-state index in [2.05, 4.69) is 10.3 Å². The molecule has 0 bridgehead atoms. The van der Waals surface area contributed by atoms with Crippen molar-refractivity contribution in [1.29, 1.82) is 0 Å². The van der Waals surface area contributed by atoms with E-state index in [0.717, 1.165) is 22.5 Å². The van der Waals surface area contributed by atoms with Crippen molar-refractivity contribution >= 4 is 40.3 Å². The molecule has 28 heavy (non-hydrogen) atoms. The Kier molecular flexibility index (Phi) is 5.89. The van der Waals surface area contributed by atoms with Crippen molar-refractivity contribution in [1.82, 2.24) is 9.88 Å². The molecule has 1 aliphatic rings. The van der Waals surface area contributed by atoms with Crippen molar-refractivity contribution < 1.29 is 19.1 Å². The molecule has 2 aromatic rings. The second kappa shape index (κ2) is 8.35. The number of fused-ring (bicyclic) bond motifs is 1. The fraction of sp³-hybridized carbons (Fsp3) is 0.300. The van der Waals surface area contributed by atoms with Crippen LogP contribution in [0.15, 0.2) is 30.5 Å².